The minimum absolute atomic E-state index is 0.00826. The average Bonchev–Trinajstić information content (AvgIpc) is 3.63. The second-order valence-electron chi connectivity index (χ2n) is 14.9. The predicted molar refractivity (Wildman–Crippen MR) is 209 cm³/mol. The van der Waals surface area contributed by atoms with Crippen molar-refractivity contribution in [1.82, 2.24) is 30.9 Å². The smallest absolute Gasteiger partial charge is 0.264 e. The zero-order chi connectivity index (χ0) is 44.6. The van der Waals surface area contributed by atoms with E-state index in [9.17, 15) is 45.0 Å². The van der Waals surface area contributed by atoms with Gasteiger partial charge in [-0.25, -0.2) is 9.07 Å². The van der Waals surface area contributed by atoms with Crippen LogP contribution in [0.2, 0.25) is 0 Å². The normalized spacial score (nSPS) is 24.5. The Kier molecular flexibility index (Phi) is 24.5. The van der Waals surface area contributed by atoms with Crippen LogP contribution in [0.25, 0.3) is 0 Å². The van der Waals surface area contributed by atoms with Gasteiger partial charge in [0.25, 0.3) is 5.91 Å². The number of nitrogens with one attached hydrogen (secondary N) is 3. The first-order valence-electron chi connectivity index (χ1n) is 21.0. The zero-order valence-corrected chi connectivity index (χ0v) is 34.9. The maximum Gasteiger partial charge on any atom is 0.264 e. The number of rotatable bonds is 30. The van der Waals surface area contributed by atoms with E-state index in [1.165, 1.54) is 6.92 Å². The number of nitrogens with zero attached hydrogens (tertiary/aromatic N) is 3. The van der Waals surface area contributed by atoms with E-state index >= 15 is 4.39 Å². The summed E-state index contributed by atoms with van der Waals surface area (Å²) in [4.78, 5) is 36.8. The second kappa shape index (κ2) is 28.6. The lowest BCUT2D eigenvalue weighted by molar-refractivity contribution is -0.270. The highest BCUT2D eigenvalue weighted by molar-refractivity contribution is 5.86. The summed E-state index contributed by atoms with van der Waals surface area (Å²) in [7, 11) is 0. The van der Waals surface area contributed by atoms with E-state index in [0.29, 0.717) is 84.0 Å². The van der Waals surface area contributed by atoms with Gasteiger partial charge in [0.2, 0.25) is 17.5 Å². The van der Waals surface area contributed by atoms with E-state index in [4.69, 9.17) is 33.5 Å². The Morgan fingerprint density at radius 3 is 2.21 bits per heavy atom. The first kappa shape index (κ1) is 52.3. The molecule has 10 N–H and O–H groups in total. The minimum Gasteiger partial charge on any atom is -0.396 e. The molecule has 61 heavy (non-hydrogen) atoms. The largest absolute Gasteiger partial charge is 0.396 e. The quantitative estimate of drug-likeness (QED) is 0.0335. The predicted octanol–water partition coefficient (Wildman–Crippen LogP) is -3.55. The number of aryl methyl sites for hydroxylation is 1. The van der Waals surface area contributed by atoms with E-state index in [-0.39, 0.29) is 58.1 Å². The molecule has 3 amide bonds. The SMILES string of the molecule is CC(=O)NC1C(O)[C@H](O)[C@@H](CO)O[C@H]1OCCCn1nnc2c1CCCCCC2(F)C(=O)NCCCOCCOCCOCCCNC(=O)COCC(O)[C@@H](O)[C@H](O)CCO. The van der Waals surface area contributed by atoms with Crippen molar-refractivity contribution in [2.24, 2.45) is 0 Å². The Balaban J connectivity index is 1.25. The van der Waals surface area contributed by atoms with Gasteiger partial charge in [-0.2, -0.15) is 0 Å². The number of ether oxygens (including phenoxy) is 6. The van der Waals surface area contributed by atoms with Crippen LogP contribution in [-0.4, -0.2) is 203 Å². The Morgan fingerprint density at radius 1 is 0.885 bits per heavy atom. The third-order valence-electron chi connectivity index (χ3n) is 10.1. The van der Waals surface area contributed by atoms with E-state index in [2.05, 4.69) is 26.3 Å². The molecule has 1 aromatic heterocycles. The lowest BCUT2D eigenvalue weighted by atomic mass is 9.88. The summed E-state index contributed by atoms with van der Waals surface area (Å²) >= 11 is 0. The molecule has 1 aliphatic heterocycles. The van der Waals surface area contributed by atoms with Crippen LogP contribution in [0.1, 0.15) is 69.7 Å². The van der Waals surface area contributed by atoms with Crippen LogP contribution in [0.3, 0.4) is 0 Å². The molecule has 0 spiro atoms. The number of alkyl halides is 1. The van der Waals surface area contributed by atoms with Crippen molar-refractivity contribution in [2.75, 3.05) is 85.8 Å². The second-order valence-corrected chi connectivity index (χ2v) is 14.9. The molecule has 2 aliphatic rings. The number of amides is 3. The molecular weight excluding hydrogens is 815 g/mol. The number of hydrogen-bond acceptors (Lipinski definition) is 18. The summed E-state index contributed by atoms with van der Waals surface area (Å²) in [6, 6.07) is -1.08. The summed E-state index contributed by atoms with van der Waals surface area (Å²) < 4.78 is 51.1. The Hall–Kier alpha value is -3.04. The van der Waals surface area contributed by atoms with Crippen molar-refractivity contribution in [2.45, 2.75) is 126 Å². The Morgan fingerprint density at radius 2 is 1.56 bits per heavy atom. The number of aliphatic hydroxyl groups is 7. The van der Waals surface area contributed by atoms with Gasteiger partial charge in [0, 0.05) is 46.4 Å². The highest BCUT2D eigenvalue weighted by Crippen LogP contribution is 2.36. The highest BCUT2D eigenvalue weighted by atomic mass is 19.1. The Bertz CT molecular complexity index is 1420. The first-order valence-corrected chi connectivity index (χ1v) is 21.0. The lowest BCUT2D eigenvalue weighted by Gasteiger charge is -2.42. The molecule has 4 unspecified atom stereocenters. The van der Waals surface area contributed by atoms with E-state index in [1.54, 1.807) is 4.68 Å². The van der Waals surface area contributed by atoms with Gasteiger partial charge in [-0.15, -0.1) is 5.10 Å². The van der Waals surface area contributed by atoms with Gasteiger partial charge < -0.3 is 80.1 Å². The molecule has 352 valence electrons. The minimum atomic E-state index is -2.37. The van der Waals surface area contributed by atoms with Crippen molar-refractivity contribution in [3.8, 4) is 0 Å². The van der Waals surface area contributed by atoms with Crippen LogP contribution in [-0.2, 0) is 61.4 Å². The fraction of sp³-hybridized carbons (Fsp3) is 0.868. The van der Waals surface area contributed by atoms with Crippen molar-refractivity contribution >= 4 is 17.7 Å². The maximum atomic E-state index is 16.6. The van der Waals surface area contributed by atoms with Crippen molar-refractivity contribution in [1.29, 1.82) is 0 Å². The van der Waals surface area contributed by atoms with Crippen LogP contribution in [0, 0.1) is 0 Å². The number of halogens is 1. The van der Waals surface area contributed by atoms with Crippen LogP contribution in [0.5, 0.6) is 0 Å². The third-order valence-corrected chi connectivity index (χ3v) is 10.1. The molecule has 0 saturated carbocycles. The molecule has 2 heterocycles. The van der Waals surface area contributed by atoms with E-state index in [1.807, 2.05) is 0 Å². The van der Waals surface area contributed by atoms with Gasteiger partial charge in [0.05, 0.1) is 58.0 Å². The highest BCUT2D eigenvalue weighted by Gasteiger charge is 2.47. The number of fused-ring (bicyclic) bond motifs is 1. The topological polar surface area (TPSA) is 315 Å². The zero-order valence-electron chi connectivity index (χ0n) is 34.9. The van der Waals surface area contributed by atoms with Crippen LogP contribution in [0.15, 0.2) is 0 Å². The van der Waals surface area contributed by atoms with Gasteiger partial charge in [-0.1, -0.05) is 11.6 Å². The molecule has 22 nitrogen and oxygen atoms in total. The van der Waals surface area contributed by atoms with Crippen LogP contribution >= 0.6 is 0 Å². The maximum absolute atomic E-state index is 16.6. The molecule has 1 fully saturated rings. The monoisotopic (exact) mass is 882 g/mol. The van der Waals surface area contributed by atoms with Gasteiger partial charge in [-0.3, -0.25) is 14.4 Å². The summed E-state index contributed by atoms with van der Waals surface area (Å²) in [6.07, 6.45) is -5.68. The number of carbonyl (C=O) groups excluding carboxylic acids is 3. The van der Waals surface area contributed by atoms with E-state index < -0.39 is 79.0 Å². The van der Waals surface area contributed by atoms with E-state index in [0.717, 1.165) is 12.8 Å². The summed E-state index contributed by atoms with van der Waals surface area (Å²) in [5.74, 6) is -1.67. The Labute approximate surface area is 354 Å². The third kappa shape index (κ3) is 17.6. The molecule has 1 aliphatic carbocycles. The number of aromatic nitrogens is 3. The van der Waals surface area contributed by atoms with Crippen LogP contribution < -0.4 is 16.0 Å². The van der Waals surface area contributed by atoms with Gasteiger partial charge in [0.15, 0.2) is 6.29 Å². The van der Waals surface area contributed by atoms with Crippen molar-refractivity contribution in [3.63, 3.8) is 0 Å². The van der Waals surface area contributed by atoms with Gasteiger partial charge in [-0.05, 0) is 51.4 Å². The van der Waals surface area contributed by atoms with Crippen molar-refractivity contribution in [3.05, 3.63) is 11.4 Å². The molecule has 23 heteroatoms. The fourth-order valence-electron chi connectivity index (χ4n) is 6.71. The number of carbonyl (C=O) groups is 3. The summed E-state index contributed by atoms with van der Waals surface area (Å²) in [6.45, 7) is 2.47. The molecule has 1 aromatic rings. The van der Waals surface area contributed by atoms with Crippen molar-refractivity contribution < 1.29 is 82.9 Å². The molecular formula is C38H67FN6O16. The van der Waals surface area contributed by atoms with Gasteiger partial charge >= 0.3 is 0 Å². The number of hydrogen-bond donors (Lipinski definition) is 10. The molecule has 1 saturated heterocycles. The standard InChI is InChI=1S/C38H67FN6O16/c1-25(48)42-31-34(54)33(53)29(22-47)61-36(31)60-17-7-13-45-26-8-3-2-4-10-38(39,35(26)43-44-45)37(55)41-12-6-16-57-19-21-58-20-18-56-15-5-11-40-30(51)24-59-23-28(50)32(52)27(49)9-14-46/h27-29,31-34,36,46-47,49-50,52-54H,2-24H2,1H3,(H,40,51)(H,41,55)(H,42,48)/t27-,28?,29-,31?,32+,33-,34?,36-,38?/m1/s1. The lowest BCUT2D eigenvalue weighted by Crippen LogP contribution is -2.64. The van der Waals surface area contributed by atoms with Gasteiger partial charge in [0.1, 0.15) is 48.9 Å². The molecule has 0 aromatic carbocycles. The van der Waals surface area contributed by atoms with Crippen LogP contribution in [0.4, 0.5) is 4.39 Å². The summed E-state index contributed by atoms with van der Waals surface area (Å²) in [5, 5.41) is 84.2. The fourth-order valence-corrected chi connectivity index (χ4v) is 6.71. The average molecular weight is 883 g/mol. The molecule has 0 radical (unpaired) electrons. The molecule has 0 bridgehead atoms. The molecule has 9 atom stereocenters. The number of aliphatic hydroxyl groups excluding tert-OH is 7. The first-order chi connectivity index (χ1) is 29.3. The molecule has 3 rings (SSSR count). The summed E-state index contributed by atoms with van der Waals surface area (Å²) in [5.41, 5.74) is -1.85.